The Morgan fingerprint density at radius 1 is 0.824 bits per heavy atom. The molecule has 186 valence electrons. The molecule has 0 aromatic heterocycles. The molecule has 0 heterocycles. The molecule has 2 aromatic carbocycles. The molecule has 1 fully saturated rings. The minimum Gasteiger partial charge on any atom is -0.377 e. The van der Waals surface area contributed by atoms with Gasteiger partial charge in [-0.15, -0.1) is 0 Å². The van der Waals surface area contributed by atoms with E-state index in [9.17, 15) is 0 Å². The molecule has 2 aromatic rings. The molecule has 0 amide bonds. The summed E-state index contributed by atoms with van der Waals surface area (Å²) in [5.74, 6) is 2.73. The van der Waals surface area contributed by atoms with Crippen LogP contribution in [0.5, 0.6) is 0 Å². The van der Waals surface area contributed by atoms with Gasteiger partial charge < -0.3 is 4.74 Å². The lowest BCUT2D eigenvalue weighted by Gasteiger charge is -2.28. The Bertz CT molecular complexity index is 798. The normalized spacial score (nSPS) is 20.4. The van der Waals surface area contributed by atoms with Crippen molar-refractivity contribution in [3.8, 4) is 0 Å². The maximum atomic E-state index is 5.75. The molecule has 0 radical (unpaired) electrons. The van der Waals surface area contributed by atoms with Crippen LogP contribution in [0.25, 0.3) is 6.08 Å². The summed E-state index contributed by atoms with van der Waals surface area (Å²) < 4.78 is 5.75. The molecule has 2 atom stereocenters. The Labute approximate surface area is 210 Å². The molecular formula is C33H48O. The van der Waals surface area contributed by atoms with E-state index in [2.05, 4.69) is 80.6 Å². The topological polar surface area (TPSA) is 9.23 Å². The van der Waals surface area contributed by atoms with Crippen molar-refractivity contribution in [1.82, 2.24) is 0 Å². The van der Waals surface area contributed by atoms with Gasteiger partial charge in [-0.25, -0.2) is 0 Å². The van der Waals surface area contributed by atoms with Crippen LogP contribution >= 0.6 is 0 Å². The van der Waals surface area contributed by atoms with Gasteiger partial charge in [-0.05, 0) is 67.1 Å². The van der Waals surface area contributed by atoms with Gasteiger partial charge in [0.05, 0.1) is 6.10 Å². The Kier molecular flexibility index (Phi) is 12.0. The first-order valence-corrected chi connectivity index (χ1v) is 14.0. The van der Waals surface area contributed by atoms with Crippen molar-refractivity contribution in [1.29, 1.82) is 0 Å². The second kappa shape index (κ2) is 15.2. The van der Waals surface area contributed by atoms with Crippen molar-refractivity contribution in [2.75, 3.05) is 7.11 Å². The number of ether oxygens (including phenoxy) is 1. The van der Waals surface area contributed by atoms with Crippen LogP contribution < -0.4 is 0 Å². The Balaban J connectivity index is 1.23. The first-order chi connectivity index (χ1) is 16.7. The molecule has 1 aliphatic rings. The summed E-state index contributed by atoms with van der Waals surface area (Å²) in [5, 5.41) is 0. The number of allylic oxidation sites excluding steroid dienone is 1. The van der Waals surface area contributed by atoms with Gasteiger partial charge in [0.25, 0.3) is 0 Å². The minimum atomic E-state index is 0.247. The van der Waals surface area contributed by atoms with Crippen LogP contribution in [0.1, 0.15) is 107 Å². The van der Waals surface area contributed by atoms with E-state index in [0.717, 1.165) is 24.2 Å². The second-order valence-corrected chi connectivity index (χ2v) is 10.8. The summed E-state index contributed by atoms with van der Waals surface area (Å²) in [6.07, 6.45) is 21.0. The molecule has 0 aliphatic heterocycles. The van der Waals surface area contributed by atoms with Gasteiger partial charge in [-0.1, -0.05) is 125 Å². The molecule has 1 aliphatic carbocycles. The largest absolute Gasteiger partial charge is 0.377 e. The lowest BCUT2D eigenvalue weighted by Crippen LogP contribution is -2.15. The molecule has 2 unspecified atom stereocenters. The van der Waals surface area contributed by atoms with Gasteiger partial charge in [0.15, 0.2) is 0 Å². The molecule has 0 spiro atoms. The van der Waals surface area contributed by atoms with Crippen molar-refractivity contribution in [3.05, 3.63) is 77.4 Å². The molecule has 0 N–H and O–H groups in total. The predicted octanol–water partition coefficient (Wildman–Crippen LogP) is 9.82. The number of benzene rings is 2. The maximum absolute atomic E-state index is 5.75. The summed E-state index contributed by atoms with van der Waals surface area (Å²) >= 11 is 0. The average molecular weight is 461 g/mol. The lowest BCUT2D eigenvalue weighted by atomic mass is 9.77. The van der Waals surface area contributed by atoms with E-state index in [1.807, 2.05) is 7.11 Å². The van der Waals surface area contributed by atoms with Gasteiger partial charge in [-0.3, -0.25) is 0 Å². The minimum absolute atomic E-state index is 0.247. The third-order valence-corrected chi connectivity index (χ3v) is 8.08. The summed E-state index contributed by atoms with van der Waals surface area (Å²) in [5.41, 5.74) is 4.13. The molecule has 0 bridgehead atoms. The first kappa shape index (κ1) is 26.7. The number of hydrogen-bond acceptors (Lipinski definition) is 1. The Morgan fingerprint density at radius 2 is 1.50 bits per heavy atom. The van der Waals surface area contributed by atoms with Crippen LogP contribution in [0.2, 0.25) is 0 Å². The van der Waals surface area contributed by atoms with Crippen molar-refractivity contribution >= 4 is 6.08 Å². The van der Waals surface area contributed by atoms with Crippen LogP contribution in [0, 0.1) is 17.8 Å². The molecular weight excluding hydrogens is 412 g/mol. The van der Waals surface area contributed by atoms with E-state index in [0.29, 0.717) is 0 Å². The SMILES string of the molecule is CC=Cc1ccc(CCC2CCC(CCCCC(C)CCC(OC)c3ccccc3)CC2)cc1. The van der Waals surface area contributed by atoms with Crippen LogP contribution in [0.3, 0.4) is 0 Å². The standard InChI is InChI=1S/C33H48O/c1-4-10-28-16-20-30(21-17-28)24-25-31-22-18-29(19-23-31)12-9-8-11-27(2)15-26-33(34-3)32-13-6-5-7-14-32/h4-7,10,13-14,16-17,20-21,27,29,31,33H,8-9,11-12,15,18-19,22-26H2,1-3H3. The average Bonchev–Trinajstić information content (AvgIpc) is 2.88. The summed E-state index contributed by atoms with van der Waals surface area (Å²) in [6.45, 7) is 4.51. The zero-order valence-electron chi connectivity index (χ0n) is 22.1. The van der Waals surface area contributed by atoms with E-state index in [4.69, 9.17) is 4.74 Å². The number of methoxy groups -OCH3 is 1. The number of rotatable bonds is 14. The molecule has 0 saturated heterocycles. The quantitative estimate of drug-likeness (QED) is 0.255. The highest BCUT2D eigenvalue weighted by atomic mass is 16.5. The van der Waals surface area contributed by atoms with Gasteiger partial charge >= 0.3 is 0 Å². The first-order valence-electron chi connectivity index (χ1n) is 14.0. The summed E-state index contributed by atoms with van der Waals surface area (Å²) in [4.78, 5) is 0. The fourth-order valence-electron chi connectivity index (χ4n) is 5.76. The van der Waals surface area contributed by atoms with Crippen molar-refractivity contribution in [2.45, 2.75) is 97.0 Å². The predicted molar refractivity (Wildman–Crippen MR) is 148 cm³/mol. The number of unbranched alkanes of at least 4 members (excludes halogenated alkanes) is 1. The zero-order chi connectivity index (χ0) is 24.0. The molecule has 34 heavy (non-hydrogen) atoms. The fourth-order valence-corrected chi connectivity index (χ4v) is 5.76. The third kappa shape index (κ3) is 9.41. The van der Waals surface area contributed by atoms with E-state index < -0.39 is 0 Å². The number of aryl methyl sites for hydroxylation is 1. The zero-order valence-corrected chi connectivity index (χ0v) is 22.1. The van der Waals surface area contributed by atoms with Crippen LogP contribution in [0.4, 0.5) is 0 Å². The highest BCUT2D eigenvalue weighted by Gasteiger charge is 2.21. The second-order valence-electron chi connectivity index (χ2n) is 10.8. The molecule has 1 heteroatoms. The monoisotopic (exact) mass is 460 g/mol. The van der Waals surface area contributed by atoms with Gasteiger partial charge in [0.1, 0.15) is 0 Å². The molecule has 3 rings (SSSR count). The molecule has 1 nitrogen and oxygen atoms in total. The van der Waals surface area contributed by atoms with E-state index >= 15 is 0 Å². The third-order valence-electron chi connectivity index (χ3n) is 8.08. The van der Waals surface area contributed by atoms with Gasteiger partial charge in [0.2, 0.25) is 0 Å². The van der Waals surface area contributed by atoms with Crippen molar-refractivity contribution in [2.24, 2.45) is 17.8 Å². The Hall–Kier alpha value is -1.86. The Morgan fingerprint density at radius 3 is 2.15 bits per heavy atom. The van der Waals surface area contributed by atoms with Crippen LogP contribution in [0.15, 0.2) is 60.7 Å². The van der Waals surface area contributed by atoms with Gasteiger partial charge in [-0.2, -0.15) is 0 Å². The van der Waals surface area contributed by atoms with Crippen molar-refractivity contribution < 1.29 is 4.74 Å². The highest BCUT2D eigenvalue weighted by molar-refractivity contribution is 5.49. The van der Waals surface area contributed by atoms with Gasteiger partial charge in [0, 0.05) is 7.11 Å². The van der Waals surface area contributed by atoms with E-state index in [-0.39, 0.29) is 6.10 Å². The number of hydrogen-bond donors (Lipinski definition) is 0. The smallest absolute Gasteiger partial charge is 0.0821 e. The summed E-state index contributed by atoms with van der Waals surface area (Å²) in [6, 6.07) is 19.8. The van der Waals surface area contributed by atoms with Crippen LogP contribution in [-0.2, 0) is 11.2 Å². The maximum Gasteiger partial charge on any atom is 0.0821 e. The molecule has 1 saturated carbocycles. The van der Waals surface area contributed by atoms with E-state index in [1.54, 1.807) is 0 Å². The van der Waals surface area contributed by atoms with E-state index in [1.165, 1.54) is 87.3 Å². The summed E-state index contributed by atoms with van der Waals surface area (Å²) in [7, 11) is 1.85. The lowest BCUT2D eigenvalue weighted by molar-refractivity contribution is 0.0893. The van der Waals surface area contributed by atoms with Crippen LogP contribution in [-0.4, -0.2) is 7.11 Å². The highest BCUT2D eigenvalue weighted by Crippen LogP contribution is 2.34. The van der Waals surface area contributed by atoms with Crippen molar-refractivity contribution in [3.63, 3.8) is 0 Å². The fraction of sp³-hybridized carbons (Fsp3) is 0.576.